The van der Waals surface area contributed by atoms with Gasteiger partial charge in [-0.3, -0.25) is 4.79 Å². The first-order valence-electron chi connectivity index (χ1n) is 6.75. The van der Waals surface area contributed by atoms with Crippen LogP contribution in [0.15, 0.2) is 27.8 Å². The predicted molar refractivity (Wildman–Crippen MR) is 83.6 cm³/mol. The number of anilines is 1. The van der Waals surface area contributed by atoms with Crippen molar-refractivity contribution in [2.75, 3.05) is 18.2 Å². The number of aromatic nitrogens is 2. The number of nitrogens with one attached hydrogen (secondary N) is 1. The van der Waals surface area contributed by atoms with Crippen LogP contribution in [-0.2, 0) is 4.79 Å². The van der Waals surface area contributed by atoms with Gasteiger partial charge in [-0.25, -0.2) is 0 Å². The van der Waals surface area contributed by atoms with E-state index in [1.54, 1.807) is 18.2 Å². The van der Waals surface area contributed by atoms with Crippen LogP contribution in [0.25, 0.3) is 0 Å². The smallest absolute Gasteiger partial charge is 0.277 e. The maximum atomic E-state index is 11.9. The van der Waals surface area contributed by atoms with Gasteiger partial charge in [0.15, 0.2) is 0 Å². The zero-order chi connectivity index (χ0) is 15.5. The second-order valence-electron chi connectivity index (χ2n) is 4.87. The van der Waals surface area contributed by atoms with Crippen molar-refractivity contribution in [2.45, 2.75) is 24.0 Å². The molecule has 0 atom stereocenters. The highest BCUT2D eigenvalue weighted by Crippen LogP contribution is 2.39. The summed E-state index contributed by atoms with van der Waals surface area (Å²) >= 11 is 7.23. The van der Waals surface area contributed by atoms with Crippen molar-refractivity contribution in [1.82, 2.24) is 10.2 Å². The fraction of sp³-hybridized carbons (Fsp3) is 0.357. The Labute approximate surface area is 136 Å². The van der Waals surface area contributed by atoms with Crippen LogP contribution < -0.4 is 10.1 Å². The fourth-order valence-corrected chi connectivity index (χ4v) is 2.67. The summed E-state index contributed by atoms with van der Waals surface area (Å²) in [5.41, 5.74) is 0.612. The van der Waals surface area contributed by atoms with Crippen molar-refractivity contribution in [3.8, 4) is 5.75 Å². The molecule has 1 saturated carbocycles. The van der Waals surface area contributed by atoms with Crippen LogP contribution >= 0.6 is 23.4 Å². The quantitative estimate of drug-likeness (QED) is 0.813. The summed E-state index contributed by atoms with van der Waals surface area (Å²) in [5.74, 6) is 1.67. The molecule has 22 heavy (non-hydrogen) atoms. The third-order valence-electron chi connectivity index (χ3n) is 3.11. The molecule has 3 rings (SSSR count). The van der Waals surface area contributed by atoms with E-state index in [9.17, 15) is 4.79 Å². The highest BCUT2D eigenvalue weighted by Gasteiger charge is 2.29. The number of benzene rings is 1. The highest BCUT2D eigenvalue weighted by molar-refractivity contribution is 7.99. The van der Waals surface area contributed by atoms with Crippen molar-refractivity contribution in [3.05, 3.63) is 29.1 Å². The highest BCUT2D eigenvalue weighted by atomic mass is 35.5. The van der Waals surface area contributed by atoms with Gasteiger partial charge < -0.3 is 14.5 Å². The summed E-state index contributed by atoms with van der Waals surface area (Å²) in [4.78, 5) is 11.9. The fourth-order valence-electron chi connectivity index (χ4n) is 1.84. The van der Waals surface area contributed by atoms with Crippen LogP contribution in [0.3, 0.4) is 0 Å². The number of thioether (sulfide) groups is 1. The Balaban J connectivity index is 1.52. The number of amides is 1. The van der Waals surface area contributed by atoms with Gasteiger partial charge in [-0.05, 0) is 31.0 Å². The molecule has 0 spiro atoms. The number of rotatable bonds is 6. The van der Waals surface area contributed by atoms with E-state index in [0.29, 0.717) is 33.5 Å². The lowest BCUT2D eigenvalue weighted by Gasteiger charge is -2.07. The summed E-state index contributed by atoms with van der Waals surface area (Å²) in [6, 6.07) is 5.07. The molecule has 116 valence electrons. The molecule has 6 nitrogen and oxygen atoms in total. The van der Waals surface area contributed by atoms with Crippen LogP contribution in [0.1, 0.15) is 24.7 Å². The number of halogens is 1. The summed E-state index contributed by atoms with van der Waals surface area (Å²) in [5, 5.41) is 11.5. The zero-order valence-corrected chi connectivity index (χ0v) is 13.4. The summed E-state index contributed by atoms with van der Waals surface area (Å²) in [6.07, 6.45) is 2.20. The first-order valence-corrected chi connectivity index (χ1v) is 8.11. The van der Waals surface area contributed by atoms with Crippen LogP contribution in [0.5, 0.6) is 5.75 Å². The first-order chi connectivity index (χ1) is 10.7. The molecular weight excluding hydrogens is 326 g/mol. The SMILES string of the molecule is COc1ccc(NC(=O)CSc2nnc(C3CC3)o2)cc1Cl. The molecule has 1 N–H and O–H groups in total. The molecule has 1 amide bonds. The lowest BCUT2D eigenvalue weighted by molar-refractivity contribution is -0.113. The number of ether oxygens (including phenoxy) is 1. The standard InChI is InChI=1S/C14H14ClN3O3S/c1-20-11-5-4-9(6-10(11)15)16-12(19)7-22-14-18-17-13(21-14)8-2-3-8/h4-6,8H,2-3,7H2,1H3,(H,16,19). The summed E-state index contributed by atoms with van der Waals surface area (Å²) < 4.78 is 10.5. The van der Waals surface area contributed by atoms with Gasteiger partial charge in [0.1, 0.15) is 5.75 Å². The lowest BCUT2D eigenvalue weighted by atomic mass is 10.3. The van der Waals surface area contributed by atoms with Crippen LogP contribution in [0, 0.1) is 0 Å². The molecule has 0 radical (unpaired) electrons. The minimum atomic E-state index is -0.169. The van der Waals surface area contributed by atoms with Crippen LogP contribution in [0.4, 0.5) is 5.69 Å². The summed E-state index contributed by atoms with van der Waals surface area (Å²) in [6.45, 7) is 0. The van der Waals surface area contributed by atoms with E-state index in [-0.39, 0.29) is 11.7 Å². The molecule has 0 bridgehead atoms. The van der Waals surface area contributed by atoms with E-state index in [4.69, 9.17) is 20.8 Å². The summed E-state index contributed by atoms with van der Waals surface area (Å²) in [7, 11) is 1.54. The molecule has 8 heteroatoms. The zero-order valence-electron chi connectivity index (χ0n) is 11.8. The van der Waals surface area contributed by atoms with Gasteiger partial charge >= 0.3 is 0 Å². The number of nitrogens with zero attached hydrogens (tertiary/aromatic N) is 2. The van der Waals surface area contributed by atoms with Gasteiger partial charge in [0.25, 0.3) is 5.22 Å². The van der Waals surface area contributed by atoms with E-state index in [1.807, 2.05) is 0 Å². The van der Waals surface area contributed by atoms with E-state index >= 15 is 0 Å². The largest absolute Gasteiger partial charge is 0.495 e. The van der Waals surface area contributed by atoms with Crippen molar-refractivity contribution < 1.29 is 13.9 Å². The Morgan fingerprint density at radius 1 is 1.50 bits per heavy atom. The Hall–Kier alpha value is -1.73. The Bertz CT molecular complexity index is 688. The van der Waals surface area contributed by atoms with E-state index in [0.717, 1.165) is 12.8 Å². The van der Waals surface area contributed by atoms with Crippen molar-refractivity contribution in [3.63, 3.8) is 0 Å². The maximum absolute atomic E-state index is 11.9. The minimum Gasteiger partial charge on any atom is -0.495 e. The third kappa shape index (κ3) is 3.72. The average Bonchev–Trinajstić information content (AvgIpc) is 3.24. The Morgan fingerprint density at radius 2 is 2.32 bits per heavy atom. The third-order valence-corrected chi connectivity index (χ3v) is 4.22. The molecule has 1 heterocycles. The van der Waals surface area contributed by atoms with Crippen molar-refractivity contribution in [1.29, 1.82) is 0 Å². The topological polar surface area (TPSA) is 77.2 Å². The van der Waals surface area contributed by atoms with E-state index in [2.05, 4.69) is 15.5 Å². The van der Waals surface area contributed by atoms with Gasteiger partial charge in [-0.1, -0.05) is 23.4 Å². The molecule has 1 aromatic heterocycles. The second kappa shape index (κ2) is 6.58. The van der Waals surface area contributed by atoms with Crippen LogP contribution in [-0.4, -0.2) is 29.0 Å². The molecule has 0 saturated heterocycles. The van der Waals surface area contributed by atoms with E-state index < -0.39 is 0 Å². The normalized spacial score (nSPS) is 13.9. The monoisotopic (exact) mass is 339 g/mol. The number of methoxy groups -OCH3 is 1. The number of hydrogen-bond acceptors (Lipinski definition) is 6. The molecular formula is C14H14ClN3O3S. The molecule has 1 fully saturated rings. The predicted octanol–water partition coefficient (Wildman–Crippen LogP) is 3.34. The van der Waals surface area contributed by atoms with Crippen molar-refractivity contribution >= 4 is 35.0 Å². The number of carbonyl (C=O) groups is 1. The second-order valence-corrected chi connectivity index (χ2v) is 6.20. The Kier molecular flexibility index (Phi) is 4.54. The van der Waals surface area contributed by atoms with Crippen LogP contribution in [0.2, 0.25) is 5.02 Å². The first kappa shape index (κ1) is 15.2. The molecule has 1 aromatic carbocycles. The molecule has 2 aromatic rings. The number of hydrogen-bond donors (Lipinski definition) is 1. The maximum Gasteiger partial charge on any atom is 0.277 e. The van der Waals surface area contributed by atoms with Crippen molar-refractivity contribution in [2.24, 2.45) is 0 Å². The molecule has 1 aliphatic rings. The van der Waals surface area contributed by atoms with Gasteiger partial charge in [0, 0.05) is 11.6 Å². The number of carbonyl (C=O) groups excluding carboxylic acids is 1. The van der Waals surface area contributed by atoms with E-state index in [1.165, 1.54) is 18.9 Å². The Morgan fingerprint density at radius 3 is 3.00 bits per heavy atom. The van der Waals surface area contributed by atoms with Gasteiger partial charge in [-0.15, -0.1) is 10.2 Å². The average molecular weight is 340 g/mol. The minimum absolute atomic E-state index is 0.169. The molecule has 0 unspecified atom stereocenters. The van der Waals surface area contributed by atoms with Gasteiger partial charge in [0.2, 0.25) is 11.8 Å². The lowest BCUT2D eigenvalue weighted by Crippen LogP contribution is -2.14. The van der Waals surface area contributed by atoms with Gasteiger partial charge in [0.05, 0.1) is 17.9 Å². The van der Waals surface area contributed by atoms with Gasteiger partial charge in [-0.2, -0.15) is 0 Å². The molecule has 1 aliphatic carbocycles. The molecule has 0 aliphatic heterocycles.